The van der Waals surface area contributed by atoms with Gasteiger partial charge in [-0.1, -0.05) is 22.6 Å². The molecule has 2 heterocycles. The Morgan fingerprint density at radius 2 is 1.41 bits per heavy atom. The number of rotatable bonds is 2. The van der Waals surface area contributed by atoms with Crippen molar-refractivity contribution >= 4 is 46.1 Å². The second-order valence-electron chi connectivity index (χ2n) is 8.20. The monoisotopic (exact) mass is 702 g/mol. The van der Waals surface area contributed by atoms with E-state index in [0.29, 0.717) is 0 Å². The number of fused-ring (bicyclic) bond motifs is 2. The summed E-state index contributed by atoms with van der Waals surface area (Å²) in [4.78, 5) is 7.13. The quantitative estimate of drug-likeness (QED) is 0.272. The Bertz CT molecular complexity index is 838. The van der Waals surface area contributed by atoms with Crippen LogP contribution in [0.5, 0.6) is 11.5 Å². The third-order valence-corrected chi connectivity index (χ3v) is 7.45. The predicted octanol–water partition coefficient (Wildman–Crippen LogP) is 2.67. The number of ether oxygens (including phenoxy) is 2. The normalized spacial score (nSPS) is 16.7. The van der Waals surface area contributed by atoms with Gasteiger partial charge in [0, 0.05) is 39.9 Å². The Balaban J connectivity index is 0.000000289. The van der Waals surface area contributed by atoms with Gasteiger partial charge in [-0.3, -0.25) is 0 Å². The number of quaternary nitrogens is 1. The van der Waals surface area contributed by atoms with Gasteiger partial charge < -0.3 is 42.8 Å². The largest absolute Gasteiger partial charge is 1.00 e. The number of hydrogen-bond donors (Lipinski definition) is 0. The molecule has 0 unspecified atom stereocenters. The van der Waals surface area contributed by atoms with Crippen LogP contribution in [-0.2, 0) is 13.1 Å². The van der Waals surface area contributed by atoms with Gasteiger partial charge >= 0.3 is 0 Å². The summed E-state index contributed by atoms with van der Waals surface area (Å²) in [6, 6.07) is 12.8. The third kappa shape index (κ3) is 9.40. The SMILES string of the molecule is CI.COc1ccc2c(c1)CN(C)CCS2.COc1ccc2c(c1)C[N+](C)(C)CCS2.[I-]. The zero-order valence-corrected chi connectivity index (χ0v) is 25.9. The summed E-state index contributed by atoms with van der Waals surface area (Å²) in [6.45, 7) is 4.50. The highest BCUT2D eigenvalue weighted by Gasteiger charge is 2.22. The maximum Gasteiger partial charge on any atom is 0.119 e. The standard InChI is InChI=1S/C12H18NOS.C11H15NOS.CH3I.HI/c1-13(2)6-7-15-12-5-4-11(14-3)8-10(12)9-13;1-12-5-6-14-11-4-3-10(13-2)7-9(11)8-12;1-2;/h4-5,8H,6-7,9H2,1-3H3;3-4,7H,5-6,8H2,1-2H3;1H3;1H/q+1;;;/p-1. The minimum absolute atomic E-state index is 0. The highest BCUT2D eigenvalue weighted by Crippen LogP contribution is 2.32. The molecule has 0 radical (unpaired) electrons. The first-order chi connectivity index (χ1) is 14.9. The molecule has 0 amide bonds. The topological polar surface area (TPSA) is 21.7 Å². The van der Waals surface area contributed by atoms with Gasteiger partial charge in [0.2, 0.25) is 0 Å². The molecule has 8 heteroatoms. The van der Waals surface area contributed by atoms with Crippen molar-refractivity contribution in [1.29, 1.82) is 0 Å². The van der Waals surface area contributed by atoms with E-state index >= 15 is 0 Å². The van der Waals surface area contributed by atoms with Gasteiger partial charge in [-0.15, -0.1) is 23.5 Å². The van der Waals surface area contributed by atoms with Crippen molar-refractivity contribution in [3.05, 3.63) is 47.5 Å². The van der Waals surface area contributed by atoms with Crippen LogP contribution in [0, 0.1) is 0 Å². The van der Waals surface area contributed by atoms with E-state index in [2.05, 4.69) is 79.0 Å². The molecule has 0 N–H and O–H groups in total. The van der Waals surface area contributed by atoms with Crippen molar-refractivity contribution in [3.8, 4) is 11.5 Å². The molecule has 2 aromatic rings. The van der Waals surface area contributed by atoms with E-state index in [1.807, 2.05) is 34.5 Å². The van der Waals surface area contributed by atoms with Crippen LogP contribution in [0.15, 0.2) is 46.2 Å². The van der Waals surface area contributed by atoms with Gasteiger partial charge in [0.25, 0.3) is 0 Å². The Kier molecular flexibility index (Phi) is 14.3. The molecule has 32 heavy (non-hydrogen) atoms. The van der Waals surface area contributed by atoms with Crippen molar-refractivity contribution in [1.82, 2.24) is 4.90 Å². The van der Waals surface area contributed by atoms with E-state index < -0.39 is 0 Å². The summed E-state index contributed by atoms with van der Waals surface area (Å²) in [6.07, 6.45) is 0. The van der Waals surface area contributed by atoms with Crippen LogP contribution in [0.25, 0.3) is 0 Å². The highest BCUT2D eigenvalue weighted by molar-refractivity contribution is 14.1. The number of benzene rings is 2. The minimum atomic E-state index is 0. The molecule has 2 aliphatic heterocycles. The third-order valence-electron chi connectivity index (χ3n) is 5.26. The fraction of sp³-hybridized carbons (Fsp3) is 0.500. The summed E-state index contributed by atoms with van der Waals surface area (Å²) in [5.74, 6) is 4.30. The van der Waals surface area contributed by atoms with Crippen molar-refractivity contribution in [3.63, 3.8) is 0 Å². The molecule has 0 atom stereocenters. The smallest absolute Gasteiger partial charge is 0.119 e. The van der Waals surface area contributed by atoms with Gasteiger partial charge in [-0.2, -0.15) is 0 Å². The lowest BCUT2D eigenvalue weighted by atomic mass is 10.2. The summed E-state index contributed by atoms with van der Waals surface area (Å²) in [5.41, 5.74) is 2.80. The number of thioether (sulfide) groups is 2. The number of nitrogens with zero attached hydrogens (tertiary/aromatic N) is 2. The average Bonchev–Trinajstić information content (AvgIpc) is 3.05. The maximum absolute atomic E-state index is 5.27. The van der Waals surface area contributed by atoms with Crippen LogP contribution >= 0.6 is 46.1 Å². The molecule has 0 saturated carbocycles. The van der Waals surface area contributed by atoms with E-state index in [-0.39, 0.29) is 24.0 Å². The number of hydrogen-bond acceptors (Lipinski definition) is 5. The van der Waals surface area contributed by atoms with Crippen LogP contribution in [0.2, 0.25) is 0 Å². The first-order valence-electron chi connectivity index (χ1n) is 10.4. The number of alkyl halides is 1. The molecule has 0 aromatic heterocycles. The van der Waals surface area contributed by atoms with Gasteiger partial charge in [0.1, 0.15) is 18.0 Å². The molecule has 180 valence electrons. The maximum atomic E-state index is 5.27. The summed E-state index contributed by atoms with van der Waals surface area (Å²) >= 11 is 6.05. The number of halogens is 2. The Morgan fingerprint density at radius 1 is 0.875 bits per heavy atom. The Hall–Kier alpha value is 0.120. The zero-order valence-electron chi connectivity index (χ0n) is 20.0. The molecule has 0 aliphatic carbocycles. The second-order valence-corrected chi connectivity index (χ2v) is 10.5. The van der Waals surface area contributed by atoms with Crippen LogP contribution in [0.4, 0.5) is 0 Å². The summed E-state index contributed by atoms with van der Waals surface area (Å²) < 4.78 is 11.6. The first kappa shape index (κ1) is 30.2. The molecule has 0 spiro atoms. The van der Waals surface area contributed by atoms with Crippen molar-refractivity contribution in [2.75, 3.05) is 64.9 Å². The highest BCUT2D eigenvalue weighted by atomic mass is 127. The van der Waals surface area contributed by atoms with Gasteiger partial charge in [-0.25, -0.2) is 0 Å². The van der Waals surface area contributed by atoms with E-state index in [1.54, 1.807) is 14.2 Å². The van der Waals surface area contributed by atoms with Crippen LogP contribution in [-0.4, -0.2) is 74.3 Å². The van der Waals surface area contributed by atoms with Crippen LogP contribution < -0.4 is 33.5 Å². The summed E-state index contributed by atoms with van der Waals surface area (Å²) in [7, 11) is 10.2. The molecule has 2 aliphatic rings. The second kappa shape index (κ2) is 15.2. The lowest BCUT2D eigenvalue weighted by Gasteiger charge is -2.27. The summed E-state index contributed by atoms with van der Waals surface area (Å²) in [5, 5.41) is 0. The van der Waals surface area contributed by atoms with E-state index in [9.17, 15) is 0 Å². The molecule has 4 rings (SSSR count). The first-order valence-corrected chi connectivity index (χ1v) is 14.5. The lowest BCUT2D eigenvalue weighted by Crippen LogP contribution is -3.00. The van der Waals surface area contributed by atoms with Gasteiger partial charge in [0.15, 0.2) is 0 Å². The van der Waals surface area contributed by atoms with Crippen LogP contribution in [0.1, 0.15) is 11.1 Å². The van der Waals surface area contributed by atoms with Crippen molar-refractivity contribution < 1.29 is 37.9 Å². The van der Waals surface area contributed by atoms with Gasteiger partial charge in [-0.05, 0) is 53.9 Å². The molecular formula is C24H36I2N2O2S2. The molecule has 4 nitrogen and oxygen atoms in total. The Labute approximate surface area is 233 Å². The molecule has 0 saturated heterocycles. The van der Waals surface area contributed by atoms with E-state index in [4.69, 9.17) is 9.47 Å². The lowest BCUT2D eigenvalue weighted by molar-refractivity contribution is -0.901. The molecule has 0 fully saturated rings. The minimum Gasteiger partial charge on any atom is -1.00 e. The molecule has 2 aromatic carbocycles. The molecular weight excluding hydrogens is 666 g/mol. The molecule has 0 bridgehead atoms. The number of methoxy groups -OCH3 is 2. The van der Waals surface area contributed by atoms with Crippen molar-refractivity contribution in [2.24, 2.45) is 0 Å². The van der Waals surface area contributed by atoms with Gasteiger partial charge in [0.05, 0.1) is 34.9 Å². The Morgan fingerprint density at radius 3 is 2.00 bits per heavy atom. The van der Waals surface area contributed by atoms with E-state index in [0.717, 1.165) is 35.6 Å². The fourth-order valence-corrected chi connectivity index (χ4v) is 5.89. The predicted molar refractivity (Wildman–Crippen MR) is 144 cm³/mol. The van der Waals surface area contributed by atoms with E-state index in [1.165, 1.54) is 39.0 Å². The van der Waals surface area contributed by atoms with Crippen LogP contribution in [0.3, 0.4) is 0 Å². The zero-order chi connectivity index (χ0) is 22.9. The average molecular weight is 703 g/mol. The van der Waals surface area contributed by atoms with Crippen molar-refractivity contribution in [2.45, 2.75) is 22.9 Å². The fourth-order valence-electron chi connectivity index (χ4n) is 3.52.